The Kier molecular flexibility index (Phi) is 3.62. The summed E-state index contributed by atoms with van der Waals surface area (Å²) in [6.45, 7) is 3.73. The number of carbonyl (C=O) groups excluding carboxylic acids is 3. The van der Waals surface area contributed by atoms with Gasteiger partial charge in [0.05, 0.1) is 5.92 Å². The molecule has 1 aliphatic carbocycles. The molecule has 1 saturated carbocycles. The summed E-state index contributed by atoms with van der Waals surface area (Å²) in [6.07, 6.45) is 1.73. The van der Waals surface area contributed by atoms with Crippen molar-refractivity contribution >= 4 is 41.0 Å². The number of halogens is 2. The van der Waals surface area contributed by atoms with Crippen molar-refractivity contribution in [2.75, 3.05) is 0 Å². The van der Waals surface area contributed by atoms with Crippen LogP contribution in [0.1, 0.15) is 26.7 Å². The van der Waals surface area contributed by atoms with Gasteiger partial charge in [0, 0.05) is 12.8 Å². The molecule has 1 aliphatic heterocycles. The highest BCUT2D eigenvalue weighted by Gasteiger charge is 2.62. The van der Waals surface area contributed by atoms with Gasteiger partial charge < -0.3 is 4.84 Å². The lowest BCUT2D eigenvalue weighted by molar-refractivity contribution is -0.199. The SMILES string of the molecule is CC1(C)C(C=C(Cl)Cl)C1C(=O)ON1C(=O)CCC1=O. The number of imide groups is 1. The van der Waals surface area contributed by atoms with Crippen molar-refractivity contribution in [1.82, 2.24) is 5.06 Å². The van der Waals surface area contributed by atoms with E-state index in [0.717, 1.165) is 0 Å². The van der Waals surface area contributed by atoms with E-state index in [-0.39, 0.29) is 28.7 Å². The predicted molar refractivity (Wildman–Crippen MR) is 67.7 cm³/mol. The zero-order chi connectivity index (χ0) is 14.4. The molecule has 0 aromatic carbocycles. The third-order valence-electron chi connectivity index (χ3n) is 3.66. The maximum Gasteiger partial charge on any atom is 0.337 e. The molecule has 1 saturated heterocycles. The number of hydrogen-bond acceptors (Lipinski definition) is 4. The van der Waals surface area contributed by atoms with Gasteiger partial charge >= 0.3 is 5.97 Å². The molecule has 0 aromatic heterocycles. The molecule has 2 amide bonds. The number of hydroxylamine groups is 2. The molecule has 0 N–H and O–H groups in total. The Morgan fingerprint density at radius 1 is 1.32 bits per heavy atom. The Labute approximate surface area is 120 Å². The highest BCUT2D eigenvalue weighted by Crippen LogP contribution is 2.60. The summed E-state index contributed by atoms with van der Waals surface area (Å²) in [5.41, 5.74) is -0.349. The third-order valence-corrected chi connectivity index (χ3v) is 3.91. The first kappa shape index (κ1) is 14.3. The lowest BCUT2D eigenvalue weighted by Gasteiger charge is -2.12. The van der Waals surface area contributed by atoms with Crippen molar-refractivity contribution in [2.45, 2.75) is 26.7 Å². The van der Waals surface area contributed by atoms with Gasteiger partial charge in [-0.2, -0.15) is 0 Å². The Morgan fingerprint density at radius 2 is 1.84 bits per heavy atom. The molecule has 2 aliphatic rings. The van der Waals surface area contributed by atoms with E-state index in [9.17, 15) is 14.4 Å². The second kappa shape index (κ2) is 4.80. The van der Waals surface area contributed by atoms with Crippen LogP contribution in [0.5, 0.6) is 0 Å². The van der Waals surface area contributed by atoms with Gasteiger partial charge in [0.25, 0.3) is 11.8 Å². The minimum atomic E-state index is -0.607. The first-order valence-electron chi connectivity index (χ1n) is 5.85. The van der Waals surface area contributed by atoms with Gasteiger partial charge in [-0.05, 0) is 17.4 Å². The van der Waals surface area contributed by atoms with Crippen LogP contribution in [-0.2, 0) is 19.2 Å². The highest BCUT2D eigenvalue weighted by molar-refractivity contribution is 6.55. The van der Waals surface area contributed by atoms with Gasteiger partial charge in [0.2, 0.25) is 0 Å². The molecule has 1 heterocycles. The van der Waals surface area contributed by atoms with E-state index in [1.807, 2.05) is 13.8 Å². The largest absolute Gasteiger partial charge is 0.337 e. The Morgan fingerprint density at radius 3 is 2.32 bits per heavy atom. The second-order valence-electron chi connectivity index (χ2n) is 5.27. The van der Waals surface area contributed by atoms with Crippen LogP contribution in [-0.4, -0.2) is 22.8 Å². The van der Waals surface area contributed by atoms with Crippen LogP contribution >= 0.6 is 23.2 Å². The van der Waals surface area contributed by atoms with Crippen molar-refractivity contribution in [3.05, 3.63) is 10.6 Å². The average molecular weight is 306 g/mol. The molecule has 5 nitrogen and oxygen atoms in total. The van der Waals surface area contributed by atoms with Crippen LogP contribution in [0.4, 0.5) is 0 Å². The van der Waals surface area contributed by atoms with E-state index in [0.29, 0.717) is 5.06 Å². The first-order chi connectivity index (χ1) is 8.75. The van der Waals surface area contributed by atoms with Crippen LogP contribution in [0.2, 0.25) is 0 Å². The quantitative estimate of drug-likeness (QED) is 0.750. The van der Waals surface area contributed by atoms with E-state index < -0.39 is 23.7 Å². The van der Waals surface area contributed by atoms with Gasteiger partial charge in [0.1, 0.15) is 4.49 Å². The summed E-state index contributed by atoms with van der Waals surface area (Å²) in [6, 6.07) is 0. The summed E-state index contributed by atoms with van der Waals surface area (Å²) in [5, 5.41) is 0.555. The summed E-state index contributed by atoms with van der Waals surface area (Å²) in [4.78, 5) is 39.6. The van der Waals surface area contributed by atoms with Crippen LogP contribution in [0.15, 0.2) is 10.6 Å². The van der Waals surface area contributed by atoms with E-state index in [4.69, 9.17) is 28.0 Å². The molecule has 19 heavy (non-hydrogen) atoms. The standard InChI is InChI=1S/C12H13Cl2NO4/c1-12(2)6(5-7(13)14)10(12)11(18)19-15-8(16)3-4-9(15)17/h5-6,10H,3-4H2,1-2H3. The number of amides is 2. The Balaban J connectivity index is 2.04. The molecule has 7 heteroatoms. The van der Waals surface area contributed by atoms with Gasteiger partial charge in [0.15, 0.2) is 0 Å². The van der Waals surface area contributed by atoms with Crippen molar-refractivity contribution < 1.29 is 19.2 Å². The average Bonchev–Trinajstić information content (AvgIpc) is 2.67. The van der Waals surface area contributed by atoms with E-state index in [1.54, 1.807) is 6.08 Å². The number of rotatable bonds is 3. The molecular weight excluding hydrogens is 293 g/mol. The molecule has 2 fully saturated rings. The van der Waals surface area contributed by atoms with E-state index >= 15 is 0 Å². The van der Waals surface area contributed by atoms with Gasteiger partial charge in [-0.25, -0.2) is 4.79 Å². The van der Waals surface area contributed by atoms with Crippen LogP contribution in [0.3, 0.4) is 0 Å². The normalized spacial score (nSPS) is 28.3. The van der Waals surface area contributed by atoms with Crippen molar-refractivity contribution in [3.63, 3.8) is 0 Å². The lowest BCUT2D eigenvalue weighted by Crippen LogP contribution is -2.33. The van der Waals surface area contributed by atoms with Crippen LogP contribution in [0, 0.1) is 17.3 Å². The number of nitrogens with zero attached hydrogens (tertiary/aromatic N) is 1. The molecule has 2 unspecified atom stereocenters. The Hall–Kier alpha value is -1.07. The first-order valence-corrected chi connectivity index (χ1v) is 6.61. The number of allylic oxidation sites excluding steroid dienone is 1. The smallest absolute Gasteiger partial charge is 0.330 e. The molecular formula is C12H13Cl2NO4. The third kappa shape index (κ3) is 2.62. The molecule has 2 rings (SSSR count). The molecule has 0 aromatic rings. The Bertz CT molecular complexity index is 466. The lowest BCUT2D eigenvalue weighted by atomic mass is 10.1. The maximum atomic E-state index is 12.0. The fourth-order valence-corrected chi connectivity index (χ4v) is 2.65. The van der Waals surface area contributed by atoms with Crippen LogP contribution < -0.4 is 0 Å². The fourth-order valence-electron chi connectivity index (χ4n) is 2.38. The zero-order valence-corrected chi connectivity index (χ0v) is 12.0. The van der Waals surface area contributed by atoms with Crippen molar-refractivity contribution in [3.8, 4) is 0 Å². The topological polar surface area (TPSA) is 63.7 Å². The van der Waals surface area contributed by atoms with Crippen molar-refractivity contribution in [2.24, 2.45) is 17.3 Å². The van der Waals surface area contributed by atoms with E-state index in [1.165, 1.54) is 0 Å². The van der Waals surface area contributed by atoms with Crippen LogP contribution in [0.25, 0.3) is 0 Å². The van der Waals surface area contributed by atoms with Gasteiger partial charge in [-0.15, -0.1) is 5.06 Å². The summed E-state index contributed by atoms with van der Waals surface area (Å²) >= 11 is 11.2. The summed E-state index contributed by atoms with van der Waals surface area (Å²) in [5.74, 6) is -2.19. The van der Waals surface area contributed by atoms with Gasteiger partial charge in [-0.1, -0.05) is 37.0 Å². The molecule has 2 atom stereocenters. The number of carbonyl (C=O) groups is 3. The summed E-state index contributed by atoms with van der Waals surface area (Å²) in [7, 11) is 0. The predicted octanol–water partition coefficient (Wildman–Crippen LogP) is 2.18. The molecule has 0 bridgehead atoms. The number of hydrogen-bond donors (Lipinski definition) is 0. The minimum absolute atomic E-state index is 0.0804. The van der Waals surface area contributed by atoms with E-state index in [2.05, 4.69) is 0 Å². The molecule has 0 spiro atoms. The zero-order valence-electron chi connectivity index (χ0n) is 10.5. The molecule has 0 radical (unpaired) electrons. The highest BCUT2D eigenvalue weighted by atomic mass is 35.5. The molecule has 104 valence electrons. The maximum absolute atomic E-state index is 12.0. The monoisotopic (exact) mass is 305 g/mol. The summed E-state index contributed by atoms with van der Waals surface area (Å²) < 4.78 is 0.0849. The second-order valence-corrected chi connectivity index (χ2v) is 6.28. The van der Waals surface area contributed by atoms with Gasteiger partial charge in [-0.3, -0.25) is 9.59 Å². The fraction of sp³-hybridized carbons (Fsp3) is 0.583. The van der Waals surface area contributed by atoms with Crippen molar-refractivity contribution in [1.29, 1.82) is 0 Å². The minimum Gasteiger partial charge on any atom is -0.330 e.